The van der Waals surface area contributed by atoms with Gasteiger partial charge in [-0.3, -0.25) is 9.89 Å². The Morgan fingerprint density at radius 3 is 2.69 bits per heavy atom. The van der Waals surface area contributed by atoms with Crippen molar-refractivity contribution in [3.8, 4) is 0 Å². The van der Waals surface area contributed by atoms with Crippen molar-refractivity contribution in [3.63, 3.8) is 0 Å². The van der Waals surface area contributed by atoms with E-state index in [1.807, 2.05) is 12.3 Å². The van der Waals surface area contributed by atoms with Gasteiger partial charge in [0.1, 0.15) is 5.82 Å². The van der Waals surface area contributed by atoms with Crippen LogP contribution in [0.15, 0.2) is 23.2 Å². The van der Waals surface area contributed by atoms with E-state index in [-0.39, 0.29) is 5.82 Å². The monoisotopic (exact) mass is 378 g/mol. The lowest BCUT2D eigenvalue weighted by Gasteiger charge is -2.22. The minimum atomic E-state index is -0.170. The first-order chi connectivity index (χ1) is 12.7. The molecule has 2 fully saturated rings. The minimum absolute atomic E-state index is 0.170. The molecule has 26 heavy (non-hydrogen) atoms. The van der Waals surface area contributed by atoms with E-state index in [4.69, 9.17) is 0 Å². The average molecular weight is 379 g/mol. The van der Waals surface area contributed by atoms with Crippen LogP contribution in [0.4, 0.5) is 4.39 Å². The predicted molar refractivity (Wildman–Crippen MR) is 109 cm³/mol. The maximum absolute atomic E-state index is 13.5. The highest BCUT2D eigenvalue weighted by Crippen LogP contribution is 2.34. The first kappa shape index (κ1) is 19.5. The van der Waals surface area contributed by atoms with E-state index in [0.717, 1.165) is 47.9 Å². The van der Waals surface area contributed by atoms with Crippen LogP contribution in [-0.2, 0) is 12.3 Å². The summed E-state index contributed by atoms with van der Waals surface area (Å²) in [7, 11) is 1.80. The molecular formula is C20H31FN4S. The van der Waals surface area contributed by atoms with Gasteiger partial charge in [0, 0.05) is 45.0 Å². The molecule has 2 aliphatic carbocycles. The Morgan fingerprint density at radius 1 is 1.23 bits per heavy atom. The van der Waals surface area contributed by atoms with Gasteiger partial charge in [0.2, 0.25) is 0 Å². The van der Waals surface area contributed by atoms with Crippen LogP contribution < -0.4 is 10.6 Å². The number of aliphatic imine (C=N–C) groups is 1. The summed E-state index contributed by atoms with van der Waals surface area (Å²) >= 11 is 1.71. The molecular weight excluding hydrogens is 347 g/mol. The van der Waals surface area contributed by atoms with E-state index in [0.29, 0.717) is 6.54 Å². The van der Waals surface area contributed by atoms with Crippen LogP contribution in [0, 0.1) is 11.7 Å². The molecule has 0 radical (unpaired) electrons. The summed E-state index contributed by atoms with van der Waals surface area (Å²) in [5.74, 6) is 2.40. The molecule has 3 rings (SSSR count). The normalized spacial score (nSPS) is 17.6. The molecule has 1 aromatic rings. The quantitative estimate of drug-likeness (QED) is 0.484. The van der Waals surface area contributed by atoms with Gasteiger partial charge in [-0.25, -0.2) is 4.39 Å². The fraction of sp³-hybridized carbons (Fsp3) is 0.650. The maximum Gasteiger partial charge on any atom is 0.191 e. The van der Waals surface area contributed by atoms with Crippen molar-refractivity contribution in [1.82, 2.24) is 15.5 Å². The van der Waals surface area contributed by atoms with Crippen LogP contribution in [0.25, 0.3) is 0 Å². The second-order valence-electron chi connectivity index (χ2n) is 7.37. The minimum Gasteiger partial charge on any atom is -0.355 e. The second kappa shape index (κ2) is 9.60. The number of thioether (sulfide) groups is 1. The van der Waals surface area contributed by atoms with E-state index in [1.165, 1.54) is 38.3 Å². The van der Waals surface area contributed by atoms with Gasteiger partial charge in [-0.15, -0.1) is 0 Å². The Hall–Kier alpha value is -1.27. The highest BCUT2D eigenvalue weighted by molar-refractivity contribution is 7.97. The molecule has 0 aromatic heterocycles. The van der Waals surface area contributed by atoms with Crippen molar-refractivity contribution >= 4 is 17.7 Å². The summed E-state index contributed by atoms with van der Waals surface area (Å²) in [5, 5.41) is 6.79. The highest BCUT2D eigenvalue weighted by atomic mass is 32.2. The topological polar surface area (TPSA) is 39.7 Å². The predicted octanol–water partition coefficient (Wildman–Crippen LogP) is 3.23. The molecule has 4 nitrogen and oxygen atoms in total. The van der Waals surface area contributed by atoms with Crippen LogP contribution >= 0.6 is 11.8 Å². The molecule has 2 aliphatic rings. The zero-order chi connectivity index (χ0) is 18.4. The first-order valence-electron chi connectivity index (χ1n) is 9.64. The zero-order valence-electron chi connectivity index (χ0n) is 15.9. The van der Waals surface area contributed by atoms with Crippen molar-refractivity contribution in [1.29, 1.82) is 0 Å². The van der Waals surface area contributed by atoms with Gasteiger partial charge in [0.05, 0.1) is 0 Å². The summed E-state index contributed by atoms with van der Waals surface area (Å²) in [4.78, 5) is 6.97. The number of guanidine groups is 1. The fourth-order valence-electron chi connectivity index (χ4n) is 3.27. The number of halogens is 1. The fourth-order valence-corrected chi connectivity index (χ4v) is 3.85. The third kappa shape index (κ3) is 6.16. The van der Waals surface area contributed by atoms with Crippen molar-refractivity contribution in [3.05, 3.63) is 35.1 Å². The summed E-state index contributed by atoms with van der Waals surface area (Å²) < 4.78 is 13.5. The number of benzene rings is 1. The van der Waals surface area contributed by atoms with Gasteiger partial charge < -0.3 is 10.6 Å². The largest absolute Gasteiger partial charge is 0.355 e. The smallest absolute Gasteiger partial charge is 0.191 e. The summed E-state index contributed by atoms with van der Waals surface area (Å²) in [6.45, 7) is 3.91. The number of nitrogens with one attached hydrogen (secondary N) is 2. The molecule has 2 saturated carbocycles. The van der Waals surface area contributed by atoms with E-state index in [2.05, 4.69) is 20.5 Å². The van der Waals surface area contributed by atoms with E-state index >= 15 is 0 Å². The number of hydrogen-bond acceptors (Lipinski definition) is 3. The Balaban J connectivity index is 1.44. The standard InChI is InChI=1S/C20H31FN4S/c1-22-20(23-9-10-25(19-7-8-19)13-15-3-4-15)24-12-16-5-6-18(21)11-17(16)14-26-2/h5-6,11,15,19H,3-4,7-10,12-14H2,1-2H3,(H2,22,23,24). The number of rotatable bonds is 10. The van der Waals surface area contributed by atoms with Crippen LogP contribution in [0.3, 0.4) is 0 Å². The molecule has 0 bridgehead atoms. The lowest BCUT2D eigenvalue weighted by Crippen LogP contribution is -2.42. The van der Waals surface area contributed by atoms with E-state index < -0.39 is 0 Å². The third-order valence-electron chi connectivity index (χ3n) is 5.08. The lowest BCUT2D eigenvalue weighted by molar-refractivity contribution is 0.256. The lowest BCUT2D eigenvalue weighted by atomic mass is 10.1. The molecule has 0 heterocycles. The molecule has 0 aliphatic heterocycles. The molecule has 144 valence electrons. The van der Waals surface area contributed by atoms with Crippen LogP contribution in [0.1, 0.15) is 36.8 Å². The second-order valence-corrected chi connectivity index (χ2v) is 8.23. The Morgan fingerprint density at radius 2 is 2.04 bits per heavy atom. The van der Waals surface area contributed by atoms with E-state index in [1.54, 1.807) is 24.9 Å². The van der Waals surface area contributed by atoms with Gasteiger partial charge in [0.15, 0.2) is 5.96 Å². The molecule has 6 heteroatoms. The van der Waals surface area contributed by atoms with Gasteiger partial charge in [-0.05, 0) is 61.1 Å². The Labute approximate surface area is 161 Å². The molecule has 0 unspecified atom stereocenters. The molecule has 0 saturated heterocycles. The first-order valence-corrected chi connectivity index (χ1v) is 11.0. The average Bonchev–Trinajstić information content (AvgIpc) is 3.52. The molecule has 0 amide bonds. The summed E-state index contributed by atoms with van der Waals surface area (Å²) in [6.07, 6.45) is 7.59. The summed E-state index contributed by atoms with van der Waals surface area (Å²) in [6, 6.07) is 5.85. The molecule has 1 aromatic carbocycles. The third-order valence-corrected chi connectivity index (χ3v) is 5.68. The van der Waals surface area contributed by atoms with Crippen molar-refractivity contribution in [2.24, 2.45) is 10.9 Å². The molecule has 2 N–H and O–H groups in total. The van der Waals surface area contributed by atoms with Crippen LogP contribution in [0.5, 0.6) is 0 Å². The van der Waals surface area contributed by atoms with Crippen LogP contribution in [-0.4, -0.2) is 49.8 Å². The van der Waals surface area contributed by atoms with Gasteiger partial charge in [-0.1, -0.05) is 6.07 Å². The van der Waals surface area contributed by atoms with Gasteiger partial charge >= 0.3 is 0 Å². The molecule has 0 atom stereocenters. The van der Waals surface area contributed by atoms with Crippen molar-refractivity contribution in [2.45, 2.75) is 44.0 Å². The highest BCUT2D eigenvalue weighted by Gasteiger charge is 2.33. The Kier molecular flexibility index (Phi) is 7.20. The SMILES string of the molecule is CN=C(NCCN(CC1CC1)C1CC1)NCc1ccc(F)cc1CSC. The van der Waals surface area contributed by atoms with Crippen molar-refractivity contribution < 1.29 is 4.39 Å². The maximum atomic E-state index is 13.5. The number of hydrogen-bond donors (Lipinski definition) is 2. The zero-order valence-corrected chi connectivity index (χ0v) is 16.7. The van der Waals surface area contributed by atoms with Crippen LogP contribution in [0.2, 0.25) is 0 Å². The van der Waals surface area contributed by atoms with Gasteiger partial charge in [-0.2, -0.15) is 11.8 Å². The Bertz CT molecular complexity index is 614. The van der Waals surface area contributed by atoms with E-state index in [9.17, 15) is 4.39 Å². The number of nitrogens with zero attached hydrogens (tertiary/aromatic N) is 2. The summed E-state index contributed by atoms with van der Waals surface area (Å²) in [5.41, 5.74) is 2.17. The van der Waals surface area contributed by atoms with Crippen molar-refractivity contribution in [2.75, 3.05) is 32.9 Å². The van der Waals surface area contributed by atoms with Gasteiger partial charge in [0.25, 0.3) is 0 Å². The molecule has 0 spiro atoms.